The van der Waals surface area contributed by atoms with Crippen LogP contribution in [-0.2, 0) is 24.2 Å². The molecule has 4 rings (SSSR count). The van der Waals surface area contributed by atoms with Crippen LogP contribution in [0, 0.1) is 23.3 Å². The highest BCUT2D eigenvalue weighted by Crippen LogP contribution is 2.32. The van der Waals surface area contributed by atoms with E-state index in [4.69, 9.17) is 4.74 Å². The number of hydrogen-bond donors (Lipinski definition) is 1. The molecule has 0 radical (unpaired) electrons. The maximum Gasteiger partial charge on any atom is 0.167 e. The van der Waals surface area contributed by atoms with E-state index in [0.717, 1.165) is 5.56 Å². The predicted molar refractivity (Wildman–Crippen MR) is 128 cm³/mol. The Morgan fingerprint density at radius 2 is 1.11 bits per heavy atom. The summed E-state index contributed by atoms with van der Waals surface area (Å²) in [5.41, 5.74) is 2.48. The maximum absolute atomic E-state index is 14.9. The van der Waals surface area contributed by atoms with Crippen LogP contribution in [0.25, 0.3) is 22.3 Å². The molecule has 1 N–H and O–H groups in total. The van der Waals surface area contributed by atoms with Crippen molar-refractivity contribution in [3.63, 3.8) is 0 Å². The number of benzene rings is 4. The summed E-state index contributed by atoms with van der Waals surface area (Å²) in [4.78, 5) is 0. The van der Waals surface area contributed by atoms with Crippen molar-refractivity contribution in [1.82, 2.24) is 0 Å². The fourth-order valence-electron chi connectivity index (χ4n) is 3.91. The lowest BCUT2D eigenvalue weighted by molar-refractivity contribution is 0.131. The van der Waals surface area contributed by atoms with Crippen molar-refractivity contribution in [3.8, 4) is 28.0 Å². The zero-order valence-corrected chi connectivity index (χ0v) is 19.1. The van der Waals surface area contributed by atoms with Crippen molar-refractivity contribution in [2.45, 2.75) is 26.4 Å². The molecule has 0 saturated heterocycles. The minimum atomic E-state index is -0.970. The number of hydrogen-bond acceptors (Lipinski definition) is 2. The Kier molecular flexibility index (Phi) is 7.51. The minimum absolute atomic E-state index is 0.0219. The van der Waals surface area contributed by atoms with E-state index in [1.54, 1.807) is 37.3 Å². The van der Waals surface area contributed by atoms with Crippen molar-refractivity contribution >= 4 is 0 Å². The second-order valence-electron chi connectivity index (χ2n) is 8.18. The Balaban J connectivity index is 1.48. The Morgan fingerprint density at radius 3 is 1.69 bits per heavy atom. The van der Waals surface area contributed by atoms with Crippen LogP contribution in [0.15, 0.2) is 72.8 Å². The lowest BCUT2D eigenvalue weighted by atomic mass is 9.97. The molecule has 4 aromatic carbocycles. The Labute approximate surface area is 201 Å². The monoisotopic (exact) mass is 480 g/mol. The van der Waals surface area contributed by atoms with Crippen LogP contribution in [0.4, 0.5) is 17.6 Å². The molecule has 0 aliphatic carbocycles. The van der Waals surface area contributed by atoms with Gasteiger partial charge in [0.2, 0.25) is 0 Å². The van der Waals surface area contributed by atoms with E-state index in [1.165, 1.54) is 42.5 Å². The molecule has 0 heterocycles. The molecule has 35 heavy (non-hydrogen) atoms. The summed E-state index contributed by atoms with van der Waals surface area (Å²) in [6, 6.07) is 18.8. The first-order valence-corrected chi connectivity index (χ1v) is 11.3. The van der Waals surface area contributed by atoms with Crippen molar-refractivity contribution in [1.29, 1.82) is 0 Å². The highest BCUT2D eigenvalue weighted by Gasteiger charge is 2.17. The van der Waals surface area contributed by atoms with Gasteiger partial charge >= 0.3 is 0 Å². The molecular formula is C29H24F4O2. The van der Waals surface area contributed by atoms with Crippen LogP contribution >= 0.6 is 0 Å². The third-order valence-electron chi connectivity index (χ3n) is 5.91. The van der Waals surface area contributed by atoms with Gasteiger partial charge in [-0.25, -0.2) is 17.6 Å². The van der Waals surface area contributed by atoms with Gasteiger partial charge in [0.1, 0.15) is 5.75 Å². The first kappa shape index (κ1) is 24.5. The fraction of sp³-hybridized carbons (Fsp3) is 0.172. The van der Waals surface area contributed by atoms with Crippen LogP contribution in [0.1, 0.15) is 23.6 Å². The number of phenols is 1. The van der Waals surface area contributed by atoms with E-state index in [9.17, 15) is 22.7 Å². The number of ether oxygens (including phenoxy) is 1. The van der Waals surface area contributed by atoms with Gasteiger partial charge in [0, 0.05) is 23.3 Å². The highest BCUT2D eigenvalue weighted by molar-refractivity contribution is 5.72. The molecule has 0 amide bonds. The lowest BCUT2D eigenvalue weighted by Crippen LogP contribution is -2.03. The molecule has 0 atom stereocenters. The molecule has 6 heteroatoms. The summed E-state index contributed by atoms with van der Waals surface area (Å²) in [7, 11) is 0. The predicted octanol–water partition coefficient (Wildman–Crippen LogP) is 7.60. The SMILES string of the molecule is CCOCc1ccc(CCc2ccc(-c3ccc(-c4ccc(O)cc4)c(F)c3F)cc2)c(F)c1F. The number of halogens is 4. The molecule has 2 nitrogen and oxygen atoms in total. The van der Waals surface area contributed by atoms with Gasteiger partial charge in [-0.2, -0.15) is 0 Å². The number of rotatable bonds is 8. The largest absolute Gasteiger partial charge is 0.508 e. The molecule has 0 saturated carbocycles. The molecule has 0 aromatic heterocycles. The first-order chi connectivity index (χ1) is 16.9. The summed E-state index contributed by atoms with van der Waals surface area (Å²) in [6.45, 7) is 2.22. The van der Waals surface area contributed by atoms with Crippen molar-refractivity contribution < 1.29 is 27.4 Å². The van der Waals surface area contributed by atoms with Gasteiger partial charge in [0.05, 0.1) is 6.61 Å². The summed E-state index contributed by atoms with van der Waals surface area (Å²) >= 11 is 0. The van der Waals surface area contributed by atoms with Gasteiger partial charge < -0.3 is 9.84 Å². The second kappa shape index (κ2) is 10.7. The van der Waals surface area contributed by atoms with Crippen LogP contribution in [0.2, 0.25) is 0 Å². The van der Waals surface area contributed by atoms with Gasteiger partial charge in [0.15, 0.2) is 23.3 Å². The molecule has 180 valence electrons. The molecule has 0 bridgehead atoms. The Morgan fingerprint density at radius 1 is 0.600 bits per heavy atom. The zero-order chi connectivity index (χ0) is 24.9. The zero-order valence-electron chi connectivity index (χ0n) is 19.1. The number of aromatic hydroxyl groups is 1. The molecule has 0 unspecified atom stereocenters. The van der Waals surface area contributed by atoms with Crippen molar-refractivity contribution in [2.24, 2.45) is 0 Å². The maximum atomic E-state index is 14.9. The Hall–Kier alpha value is -3.64. The van der Waals surface area contributed by atoms with Gasteiger partial charge in [0.25, 0.3) is 0 Å². The van der Waals surface area contributed by atoms with Gasteiger partial charge in [-0.3, -0.25) is 0 Å². The second-order valence-corrected chi connectivity index (χ2v) is 8.18. The topological polar surface area (TPSA) is 29.5 Å². The molecular weight excluding hydrogens is 456 g/mol. The highest BCUT2D eigenvalue weighted by atomic mass is 19.2. The van der Waals surface area contributed by atoms with Crippen LogP contribution in [-0.4, -0.2) is 11.7 Å². The normalized spacial score (nSPS) is 11.1. The smallest absolute Gasteiger partial charge is 0.167 e. The fourth-order valence-corrected chi connectivity index (χ4v) is 3.91. The minimum Gasteiger partial charge on any atom is -0.508 e. The summed E-state index contributed by atoms with van der Waals surface area (Å²) in [5.74, 6) is -3.65. The van der Waals surface area contributed by atoms with Gasteiger partial charge in [-0.1, -0.05) is 60.7 Å². The molecule has 0 aliphatic rings. The molecule has 4 aromatic rings. The van der Waals surface area contributed by atoms with Gasteiger partial charge in [-0.15, -0.1) is 0 Å². The summed E-state index contributed by atoms with van der Waals surface area (Å²) in [5, 5.41) is 9.40. The van der Waals surface area contributed by atoms with E-state index < -0.39 is 23.3 Å². The van der Waals surface area contributed by atoms with Gasteiger partial charge in [-0.05, 0) is 54.2 Å². The third kappa shape index (κ3) is 5.38. The molecule has 0 aliphatic heterocycles. The summed E-state index contributed by atoms with van der Waals surface area (Å²) in [6.07, 6.45) is 0.749. The van der Waals surface area contributed by atoms with E-state index in [2.05, 4.69) is 0 Å². The molecule has 0 fully saturated rings. The molecule has 0 spiro atoms. The third-order valence-corrected chi connectivity index (χ3v) is 5.91. The average molecular weight is 481 g/mol. The Bertz CT molecular complexity index is 1320. The van der Waals surface area contributed by atoms with E-state index in [0.29, 0.717) is 30.6 Å². The number of phenolic OH excluding ortho intramolecular Hbond substituents is 1. The lowest BCUT2D eigenvalue weighted by Gasteiger charge is -2.11. The van der Waals surface area contributed by atoms with E-state index in [-0.39, 0.29) is 34.6 Å². The first-order valence-electron chi connectivity index (χ1n) is 11.3. The average Bonchev–Trinajstić information content (AvgIpc) is 2.87. The van der Waals surface area contributed by atoms with E-state index in [1.807, 2.05) is 0 Å². The standard InChI is InChI=1S/C29H24F4O2/c1-2-35-17-22-10-9-21(26(30)27(22)31)8-5-18-3-6-19(7-4-18)24-15-16-25(29(33)28(24)32)20-11-13-23(34)14-12-20/h3-4,6-7,9-16,34H,2,5,8,17H2,1H3. The van der Waals surface area contributed by atoms with Crippen molar-refractivity contribution in [3.05, 3.63) is 113 Å². The van der Waals surface area contributed by atoms with Crippen LogP contribution < -0.4 is 0 Å². The van der Waals surface area contributed by atoms with Crippen LogP contribution in [0.3, 0.4) is 0 Å². The van der Waals surface area contributed by atoms with E-state index >= 15 is 0 Å². The quantitative estimate of drug-likeness (QED) is 0.263. The number of aryl methyl sites for hydroxylation is 2. The van der Waals surface area contributed by atoms with Crippen LogP contribution in [0.5, 0.6) is 5.75 Å². The summed E-state index contributed by atoms with van der Waals surface area (Å²) < 4.78 is 63.5. The van der Waals surface area contributed by atoms with Crippen molar-refractivity contribution in [2.75, 3.05) is 6.61 Å².